The van der Waals surface area contributed by atoms with Gasteiger partial charge in [-0.2, -0.15) is 0 Å². The van der Waals surface area contributed by atoms with Crippen LogP contribution in [0.2, 0.25) is 5.02 Å². The van der Waals surface area contributed by atoms with Crippen molar-refractivity contribution in [2.24, 2.45) is 5.73 Å². The molecule has 0 aliphatic heterocycles. The Labute approximate surface area is 91.7 Å². The summed E-state index contributed by atoms with van der Waals surface area (Å²) in [7, 11) is 0. The average Bonchev–Trinajstić information content (AvgIpc) is 2.45. The Morgan fingerprint density at radius 1 is 1.53 bits per heavy atom. The SMILES string of the molecule is Cc1nc2c(Cl)cc(C(N)=O)cn2c1C. The molecule has 1 amide bonds. The van der Waals surface area contributed by atoms with Crippen LogP contribution >= 0.6 is 11.6 Å². The summed E-state index contributed by atoms with van der Waals surface area (Å²) in [4.78, 5) is 15.3. The molecule has 78 valence electrons. The van der Waals surface area contributed by atoms with E-state index in [1.807, 2.05) is 13.8 Å². The number of hydrogen-bond donors (Lipinski definition) is 1. The number of fused-ring (bicyclic) bond motifs is 1. The van der Waals surface area contributed by atoms with Crippen molar-refractivity contribution in [3.63, 3.8) is 0 Å². The molecule has 0 aromatic carbocycles. The highest BCUT2D eigenvalue weighted by molar-refractivity contribution is 6.33. The zero-order valence-corrected chi connectivity index (χ0v) is 9.17. The Kier molecular flexibility index (Phi) is 2.16. The minimum atomic E-state index is -0.496. The van der Waals surface area contributed by atoms with Crippen molar-refractivity contribution >= 4 is 23.2 Å². The van der Waals surface area contributed by atoms with Crippen LogP contribution in [0.3, 0.4) is 0 Å². The molecule has 15 heavy (non-hydrogen) atoms. The van der Waals surface area contributed by atoms with E-state index in [2.05, 4.69) is 4.98 Å². The number of halogens is 1. The third kappa shape index (κ3) is 1.47. The normalized spacial score (nSPS) is 10.9. The Morgan fingerprint density at radius 3 is 2.80 bits per heavy atom. The molecule has 0 unspecified atom stereocenters. The van der Waals surface area contributed by atoms with E-state index in [4.69, 9.17) is 17.3 Å². The van der Waals surface area contributed by atoms with Crippen molar-refractivity contribution in [2.75, 3.05) is 0 Å². The maximum absolute atomic E-state index is 11.0. The number of imidazole rings is 1. The summed E-state index contributed by atoms with van der Waals surface area (Å²) in [6, 6.07) is 1.53. The molecule has 2 aromatic heterocycles. The van der Waals surface area contributed by atoms with E-state index < -0.39 is 5.91 Å². The number of hydrogen-bond acceptors (Lipinski definition) is 2. The highest BCUT2D eigenvalue weighted by Gasteiger charge is 2.11. The highest BCUT2D eigenvalue weighted by atomic mass is 35.5. The van der Waals surface area contributed by atoms with Gasteiger partial charge in [0, 0.05) is 11.9 Å². The van der Waals surface area contributed by atoms with Gasteiger partial charge in [0.25, 0.3) is 0 Å². The molecule has 0 bridgehead atoms. The summed E-state index contributed by atoms with van der Waals surface area (Å²) in [6.07, 6.45) is 1.65. The summed E-state index contributed by atoms with van der Waals surface area (Å²) < 4.78 is 1.78. The molecule has 0 aliphatic carbocycles. The van der Waals surface area contributed by atoms with Gasteiger partial charge in [-0.05, 0) is 19.9 Å². The first kappa shape index (κ1) is 9.98. The van der Waals surface area contributed by atoms with Gasteiger partial charge in [0.1, 0.15) is 0 Å². The smallest absolute Gasteiger partial charge is 0.250 e. The number of rotatable bonds is 1. The summed E-state index contributed by atoms with van der Waals surface area (Å²) in [5, 5.41) is 0.433. The second-order valence-corrected chi connectivity index (χ2v) is 3.82. The zero-order chi connectivity index (χ0) is 11.2. The lowest BCUT2D eigenvalue weighted by atomic mass is 10.2. The fourth-order valence-electron chi connectivity index (χ4n) is 1.47. The lowest BCUT2D eigenvalue weighted by Crippen LogP contribution is -2.12. The molecular formula is C10H10ClN3O. The van der Waals surface area contributed by atoms with Gasteiger partial charge in [-0.15, -0.1) is 0 Å². The van der Waals surface area contributed by atoms with Gasteiger partial charge in [-0.3, -0.25) is 4.79 Å². The summed E-state index contributed by atoms with van der Waals surface area (Å²) in [6.45, 7) is 3.80. The number of aryl methyl sites for hydroxylation is 2. The molecule has 0 spiro atoms. The molecule has 0 atom stereocenters. The molecular weight excluding hydrogens is 214 g/mol. The summed E-state index contributed by atoms with van der Waals surface area (Å²) >= 11 is 6.00. The Bertz CT molecular complexity index is 559. The average molecular weight is 224 g/mol. The van der Waals surface area contributed by atoms with Gasteiger partial charge in [-0.1, -0.05) is 11.6 Å². The van der Waals surface area contributed by atoms with E-state index in [9.17, 15) is 4.79 Å². The molecule has 0 saturated carbocycles. The maximum Gasteiger partial charge on any atom is 0.250 e. The standard InChI is InChI=1S/C10H10ClN3O/c1-5-6(2)14-4-7(9(12)15)3-8(11)10(14)13-5/h3-4H,1-2H3,(H2,12,15). The van der Waals surface area contributed by atoms with Crippen LogP contribution in [0.1, 0.15) is 21.7 Å². The predicted molar refractivity (Wildman–Crippen MR) is 58.2 cm³/mol. The molecule has 0 aliphatic rings. The fraction of sp³-hybridized carbons (Fsp3) is 0.200. The van der Waals surface area contributed by atoms with E-state index in [0.717, 1.165) is 11.4 Å². The first-order valence-electron chi connectivity index (χ1n) is 4.45. The number of primary amides is 1. The van der Waals surface area contributed by atoms with Crippen molar-refractivity contribution in [1.29, 1.82) is 0 Å². The lowest BCUT2D eigenvalue weighted by Gasteiger charge is -2.01. The molecule has 0 radical (unpaired) electrons. The number of pyridine rings is 1. The maximum atomic E-state index is 11.0. The summed E-state index contributed by atoms with van der Waals surface area (Å²) in [5.41, 5.74) is 8.07. The summed E-state index contributed by atoms with van der Waals surface area (Å²) in [5.74, 6) is -0.496. The van der Waals surface area contributed by atoms with E-state index in [1.54, 1.807) is 10.6 Å². The lowest BCUT2D eigenvalue weighted by molar-refractivity contribution is 0.1000. The first-order chi connectivity index (χ1) is 7.00. The molecule has 0 fully saturated rings. The van der Waals surface area contributed by atoms with Crippen LogP contribution in [0, 0.1) is 13.8 Å². The molecule has 2 aromatic rings. The number of nitrogens with two attached hydrogens (primary N) is 1. The molecule has 2 rings (SSSR count). The zero-order valence-electron chi connectivity index (χ0n) is 8.41. The number of aromatic nitrogens is 2. The van der Waals surface area contributed by atoms with Crippen molar-refractivity contribution in [3.8, 4) is 0 Å². The quantitative estimate of drug-likeness (QED) is 0.800. The van der Waals surface area contributed by atoms with Crippen LogP contribution in [0.5, 0.6) is 0 Å². The molecule has 2 N–H and O–H groups in total. The second kappa shape index (κ2) is 3.24. The van der Waals surface area contributed by atoms with Crippen LogP contribution in [0.4, 0.5) is 0 Å². The molecule has 2 heterocycles. The van der Waals surface area contributed by atoms with Crippen molar-refractivity contribution < 1.29 is 4.79 Å². The van der Waals surface area contributed by atoms with Crippen LogP contribution < -0.4 is 5.73 Å². The van der Waals surface area contributed by atoms with E-state index in [0.29, 0.717) is 16.2 Å². The minimum absolute atomic E-state index is 0.382. The molecule has 4 nitrogen and oxygen atoms in total. The van der Waals surface area contributed by atoms with E-state index in [-0.39, 0.29) is 0 Å². The second-order valence-electron chi connectivity index (χ2n) is 3.42. The van der Waals surface area contributed by atoms with Gasteiger partial charge in [0.15, 0.2) is 5.65 Å². The van der Waals surface area contributed by atoms with Crippen LogP contribution in [0.15, 0.2) is 12.3 Å². The topological polar surface area (TPSA) is 60.4 Å². The number of carbonyl (C=O) groups excluding carboxylic acids is 1. The van der Waals surface area contributed by atoms with E-state index >= 15 is 0 Å². The Balaban J connectivity index is 2.85. The van der Waals surface area contributed by atoms with E-state index in [1.165, 1.54) is 6.07 Å². The monoisotopic (exact) mass is 223 g/mol. The number of amides is 1. The largest absolute Gasteiger partial charge is 0.366 e. The van der Waals surface area contributed by atoms with Crippen molar-refractivity contribution in [1.82, 2.24) is 9.38 Å². The Hall–Kier alpha value is -1.55. The molecule has 5 heteroatoms. The van der Waals surface area contributed by atoms with Crippen LogP contribution in [0.25, 0.3) is 5.65 Å². The highest BCUT2D eigenvalue weighted by Crippen LogP contribution is 2.21. The van der Waals surface area contributed by atoms with Gasteiger partial charge >= 0.3 is 0 Å². The fourth-order valence-corrected chi connectivity index (χ4v) is 1.72. The van der Waals surface area contributed by atoms with Gasteiger partial charge in [0.2, 0.25) is 5.91 Å². The molecule has 0 saturated heterocycles. The van der Waals surface area contributed by atoms with Crippen LogP contribution in [-0.4, -0.2) is 15.3 Å². The third-order valence-electron chi connectivity index (χ3n) is 2.44. The van der Waals surface area contributed by atoms with Gasteiger partial charge in [0.05, 0.1) is 16.3 Å². The first-order valence-corrected chi connectivity index (χ1v) is 4.83. The number of nitrogens with zero attached hydrogens (tertiary/aromatic N) is 2. The van der Waals surface area contributed by atoms with Gasteiger partial charge < -0.3 is 10.1 Å². The van der Waals surface area contributed by atoms with Crippen LogP contribution in [-0.2, 0) is 0 Å². The predicted octanol–water partition coefficient (Wildman–Crippen LogP) is 1.70. The van der Waals surface area contributed by atoms with Crippen molar-refractivity contribution in [2.45, 2.75) is 13.8 Å². The van der Waals surface area contributed by atoms with Gasteiger partial charge in [-0.25, -0.2) is 4.98 Å². The van der Waals surface area contributed by atoms with Crippen molar-refractivity contribution in [3.05, 3.63) is 34.2 Å². The number of carbonyl (C=O) groups is 1. The minimum Gasteiger partial charge on any atom is -0.366 e. The third-order valence-corrected chi connectivity index (χ3v) is 2.71. The Morgan fingerprint density at radius 2 is 2.20 bits per heavy atom.